The minimum atomic E-state index is -3.08. The van der Waals surface area contributed by atoms with Gasteiger partial charge in [0.15, 0.2) is 6.29 Å². The van der Waals surface area contributed by atoms with E-state index in [1.54, 1.807) is 0 Å². The maximum Gasteiger partial charge on any atom is 0.224 e. The third-order valence-corrected chi connectivity index (χ3v) is 9.76. The SMILES string of the molecule is OC[C@H]1O[C@@](CO)(O[C@H]2O[C@H](C(Cl)[C@@]3(O[C@@]4(CO)O[C@H](CO)[C@@H](O)[C@@H]4O)O[C@H](CO)[C@H](Cl)[C@H](O)[C@H]3O)[C@@H](O)[C@H](O)[C@H]2O)[C@@H](O)[C@@H]1O. The summed E-state index contributed by atoms with van der Waals surface area (Å²) in [6.45, 7) is -5.32. The summed E-state index contributed by atoms with van der Waals surface area (Å²) in [4.78, 5) is 0. The van der Waals surface area contributed by atoms with Crippen LogP contribution in [-0.4, -0.2) is 218 Å². The number of aliphatic hydroxyl groups is 14. The van der Waals surface area contributed by atoms with Crippen LogP contribution in [0.25, 0.3) is 0 Å². The number of halogens is 2. The Morgan fingerprint density at radius 3 is 1.57 bits per heavy atom. The van der Waals surface area contributed by atoms with Gasteiger partial charge in [-0.25, -0.2) is 0 Å². The monoisotopic (exact) mass is 718 g/mol. The van der Waals surface area contributed by atoms with Gasteiger partial charge in [-0.3, -0.25) is 0 Å². The van der Waals surface area contributed by atoms with Crippen molar-refractivity contribution in [3.8, 4) is 0 Å². The van der Waals surface area contributed by atoms with E-state index in [4.69, 9.17) is 51.6 Å². The van der Waals surface area contributed by atoms with Crippen LogP contribution in [0.4, 0.5) is 0 Å². The van der Waals surface area contributed by atoms with Gasteiger partial charge in [0.1, 0.15) is 97.9 Å². The Bertz CT molecular complexity index is 1020. The van der Waals surface area contributed by atoms with Crippen molar-refractivity contribution in [2.75, 3.05) is 33.0 Å². The van der Waals surface area contributed by atoms with E-state index in [0.29, 0.717) is 0 Å². The van der Waals surface area contributed by atoms with E-state index in [1.807, 2.05) is 0 Å². The third kappa shape index (κ3) is 6.19. The predicted molar refractivity (Wildman–Crippen MR) is 142 cm³/mol. The highest BCUT2D eigenvalue weighted by molar-refractivity contribution is 6.22. The molecule has 0 aromatic rings. The van der Waals surface area contributed by atoms with Crippen molar-refractivity contribution in [1.29, 1.82) is 0 Å². The van der Waals surface area contributed by atoms with Crippen LogP contribution in [-0.2, 0) is 28.4 Å². The zero-order valence-corrected chi connectivity index (χ0v) is 25.3. The van der Waals surface area contributed by atoms with Crippen LogP contribution < -0.4 is 0 Å². The van der Waals surface area contributed by atoms with Crippen LogP contribution in [0.1, 0.15) is 0 Å². The van der Waals surface area contributed by atoms with Gasteiger partial charge in [-0.1, -0.05) is 0 Å². The highest BCUT2D eigenvalue weighted by Gasteiger charge is 2.68. The van der Waals surface area contributed by atoms with Gasteiger partial charge < -0.3 is 99.9 Å². The zero-order chi connectivity index (χ0) is 34.5. The van der Waals surface area contributed by atoms with Gasteiger partial charge in [-0.05, 0) is 0 Å². The molecule has 0 spiro atoms. The molecule has 0 saturated carbocycles. The largest absolute Gasteiger partial charge is 0.394 e. The first-order valence-corrected chi connectivity index (χ1v) is 14.9. The number of hydrogen-bond acceptors (Lipinski definition) is 20. The second-order valence-electron chi connectivity index (χ2n) is 11.5. The quantitative estimate of drug-likeness (QED) is 0.0882. The number of rotatable bonds is 11. The average molecular weight is 719 g/mol. The van der Waals surface area contributed by atoms with Gasteiger partial charge in [0.05, 0.1) is 25.2 Å². The topological polar surface area (TPSA) is 339 Å². The molecular weight excluding hydrogens is 679 g/mol. The standard InChI is InChI=1S/C24H40Cl2O20/c25-9-6(1-27)44-24(20(40)12(9)34,46-23(5-31)19(39)11(33)8(3-29)43-23)17(26)16-14(36)13(35)15(37)21(41-16)45-22(4-30)18(38)10(32)7(2-28)42-22/h6-21,27-40H,1-5H2/t6-,7-,8-,9+,10-,11-,12+,13+,14+,15-,16+,17?,18+,19+,20-,21-,22+,23-,24+/m1/s1. The maximum atomic E-state index is 11.3. The Kier molecular flexibility index (Phi) is 12.2. The summed E-state index contributed by atoms with van der Waals surface area (Å²) in [5, 5.41) is 142. The van der Waals surface area contributed by atoms with Crippen LogP contribution in [0.5, 0.6) is 0 Å². The number of hydrogen-bond donors (Lipinski definition) is 14. The first kappa shape index (κ1) is 38.6. The lowest BCUT2D eigenvalue weighted by atomic mass is 9.86. The highest BCUT2D eigenvalue weighted by Crippen LogP contribution is 2.47. The van der Waals surface area contributed by atoms with E-state index in [0.717, 1.165) is 0 Å². The smallest absolute Gasteiger partial charge is 0.224 e. The average Bonchev–Trinajstić information content (AvgIpc) is 3.45. The molecule has 14 N–H and O–H groups in total. The highest BCUT2D eigenvalue weighted by atomic mass is 35.5. The van der Waals surface area contributed by atoms with Crippen molar-refractivity contribution in [2.45, 2.75) is 114 Å². The maximum absolute atomic E-state index is 11.3. The second kappa shape index (κ2) is 14.6. The molecule has 4 heterocycles. The Hall–Kier alpha value is -0.220. The number of ether oxygens (including phenoxy) is 6. The van der Waals surface area contributed by atoms with Crippen LogP contribution in [0.2, 0.25) is 0 Å². The summed E-state index contributed by atoms with van der Waals surface area (Å²) in [5.41, 5.74) is 0. The Balaban J connectivity index is 1.75. The third-order valence-electron chi connectivity index (χ3n) is 8.67. The van der Waals surface area contributed by atoms with Crippen molar-refractivity contribution in [3.05, 3.63) is 0 Å². The second-order valence-corrected chi connectivity index (χ2v) is 12.5. The lowest BCUT2D eigenvalue weighted by Crippen LogP contribution is -2.75. The van der Waals surface area contributed by atoms with Gasteiger partial charge >= 0.3 is 0 Å². The van der Waals surface area contributed by atoms with Gasteiger partial charge in [-0.15, -0.1) is 23.2 Å². The fourth-order valence-electron chi connectivity index (χ4n) is 5.94. The lowest BCUT2D eigenvalue weighted by molar-refractivity contribution is -0.435. The normalized spacial score (nSPS) is 53.9. The Morgan fingerprint density at radius 1 is 0.587 bits per heavy atom. The predicted octanol–water partition coefficient (Wildman–Crippen LogP) is -8.55. The van der Waals surface area contributed by atoms with Crippen LogP contribution >= 0.6 is 23.2 Å². The van der Waals surface area contributed by atoms with Crippen molar-refractivity contribution in [3.63, 3.8) is 0 Å². The molecule has 4 rings (SSSR count). The summed E-state index contributed by atoms with van der Waals surface area (Å²) in [5.74, 6) is -8.47. The molecule has 4 aliphatic rings. The molecule has 0 bridgehead atoms. The summed E-state index contributed by atoms with van der Waals surface area (Å²) in [7, 11) is 0. The zero-order valence-electron chi connectivity index (χ0n) is 23.7. The van der Waals surface area contributed by atoms with Crippen molar-refractivity contribution < 1.29 is 99.9 Å². The molecule has 0 aliphatic carbocycles. The molecule has 0 aromatic carbocycles. The molecule has 22 heteroatoms. The van der Waals surface area contributed by atoms with Crippen LogP contribution in [0.3, 0.4) is 0 Å². The minimum absolute atomic E-state index is 0.859. The summed E-state index contributed by atoms with van der Waals surface area (Å²) < 4.78 is 33.2. The molecular formula is C24H40Cl2O20. The fraction of sp³-hybridized carbons (Fsp3) is 1.00. The van der Waals surface area contributed by atoms with Crippen molar-refractivity contribution >= 4 is 23.2 Å². The van der Waals surface area contributed by atoms with Crippen molar-refractivity contribution in [1.82, 2.24) is 0 Å². The lowest BCUT2D eigenvalue weighted by Gasteiger charge is -2.55. The molecule has 1 unspecified atom stereocenters. The van der Waals surface area contributed by atoms with Gasteiger partial charge in [-0.2, -0.15) is 0 Å². The Morgan fingerprint density at radius 2 is 1.09 bits per heavy atom. The number of alkyl halides is 2. The van der Waals surface area contributed by atoms with Crippen LogP contribution in [0, 0.1) is 0 Å². The molecule has 4 saturated heterocycles. The van der Waals surface area contributed by atoms with Crippen molar-refractivity contribution in [2.24, 2.45) is 0 Å². The molecule has 20 nitrogen and oxygen atoms in total. The van der Waals surface area contributed by atoms with E-state index in [2.05, 4.69) is 0 Å². The van der Waals surface area contributed by atoms with E-state index >= 15 is 0 Å². The van der Waals surface area contributed by atoms with E-state index in [-0.39, 0.29) is 0 Å². The van der Waals surface area contributed by atoms with Gasteiger partial charge in [0, 0.05) is 0 Å². The molecule has 19 atom stereocenters. The molecule has 4 aliphatic heterocycles. The first-order valence-electron chi connectivity index (χ1n) is 14.1. The first-order chi connectivity index (χ1) is 21.5. The molecule has 4 fully saturated rings. The summed E-state index contributed by atoms with van der Waals surface area (Å²) in [6.07, 6.45) is -28.4. The Labute approximate surface area is 270 Å². The van der Waals surface area contributed by atoms with Gasteiger partial charge in [0.2, 0.25) is 17.4 Å². The van der Waals surface area contributed by atoms with Gasteiger partial charge in [0.25, 0.3) is 0 Å². The van der Waals surface area contributed by atoms with Crippen LogP contribution in [0.15, 0.2) is 0 Å². The molecule has 0 radical (unpaired) electrons. The molecule has 0 aromatic heterocycles. The fourth-order valence-corrected chi connectivity index (χ4v) is 6.64. The van der Waals surface area contributed by atoms with E-state index in [1.165, 1.54) is 0 Å². The summed E-state index contributed by atoms with van der Waals surface area (Å²) >= 11 is 12.8. The number of aliphatic hydroxyl groups excluding tert-OH is 14. The molecule has 0 amide bonds. The van der Waals surface area contributed by atoms with E-state index < -0.39 is 147 Å². The minimum Gasteiger partial charge on any atom is -0.394 e. The van der Waals surface area contributed by atoms with E-state index in [9.17, 15) is 71.5 Å². The molecule has 270 valence electrons. The molecule has 46 heavy (non-hydrogen) atoms. The summed E-state index contributed by atoms with van der Waals surface area (Å²) in [6, 6.07) is 0.